The summed E-state index contributed by atoms with van der Waals surface area (Å²) in [5.74, 6) is -1.39. The number of carboxylic acids is 1. The fourth-order valence-electron chi connectivity index (χ4n) is 2.87. The normalized spacial score (nSPS) is 10.8. The highest BCUT2D eigenvalue weighted by atomic mass is 32.2. The second-order valence-corrected chi connectivity index (χ2v) is 8.20. The second kappa shape index (κ2) is 9.40. The number of hydrogen-bond donors (Lipinski definition) is 3. The molecule has 0 aliphatic carbocycles. The summed E-state index contributed by atoms with van der Waals surface area (Å²) in [6.07, 6.45) is 0. The largest absolute Gasteiger partial charge is 0.493 e. The fraction of sp³-hybridized carbons (Fsp3) is 0.0909. The van der Waals surface area contributed by atoms with E-state index in [2.05, 4.69) is 10.0 Å². The molecule has 3 rings (SSSR count). The summed E-state index contributed by atoms with van der Waals surface area (Å²) < 4.78 is 38.5. The number of carboxylic acid groups (broad SMARTS) is 1. The minimum absolute atomic E-state index is 0.0158. The minimum Gasteiger partial charge on any atom is -0.493 e. The summed E-state index contributed by atoms with van der Waals surface area (Å²) in [4.78, 5) is 23.8. The molecule has 3 aromatic carbocycles. The number of nitrogens with one attached hydrogen (secondary N) is 2. The lowest BCUT2D eigenvalue weighted by molar-refractivity contribution is 0.0696. The number of aromatic carboxylic acids is 1. The number of hydrogen-bond acceptors (Lipinski definition) is 6. The number of ether oxygens (including phenoxy) is 2. The maximum Gasteiger partial charge on any atom is 0.335 e. The van der Waals surface area contributed by atoms with Crippen LogP contribution < -0.4 is 19.5 Å². The molecule has 0 fully saturated rings. The van der Waals surface area contributed by atoms with Crippen LogP contribution in [0.25, 0.3) is 0 Å². The average molecular weight is 456 g/mol. The maximum absolute atomic E-state index is 12.8. The number of rotatable bonds is 8. The van der Waals surface area contributed by atoms with Gasteiger partial charge in [0.25, 0.3) is 15.9 Å². The van der Waals surface area contributed by atoms with Crippen molar-refractivity contribution < 1.29 is 32.6 Å². The minimum atomic E-state index is -3.96. The first-order valence-electron chi connectivity index (χ1n) is 9.23. The first-order valence-corrected chi connectivity index (χ1v) is 10.7. The van der Waals surface area contributed by atoms with Crippen molar-refractivity contribution in [2.45, 2.75) is 4.90 Å². The van der Waals surface area contributed by atoms with Gasteiger partial charge in [-0.05, 0) is 48.5 Å². The highest BCUT2D eigenvalue weighted by molar-refractivity contribution is 7.92. The molecule has 0 saturated carbocycles. The van der Waals surface area contributed by atoms with E-state index in [0.717, 1.165) is 0 Å². The Morgan fingerprint density at radius 2 is 1.53 bits per heavy atom. The lowest BCUT2D eigenvalue weighted by Crippen LogP contribution is -2.16. The zero-order chi connectivity index (χ0) is 23.3. The third-order valence-electron chi connectivity index (χ3n) is 4.43. The van der Waals surface area contributed by atoms with Crippen LogP contribution in [0.5, 0.6) is 11.5 Å². The molecule has 0 atom stereocenters. The Kier molecular flexibility index (Phi) is 6.64. The number of anilines is 2. The van der Waals surface area contributed by atoms with Crippen LogP contribution in [-0.2, 0) is 10.0 Å². The first kappa shape index (κ1) is 22.6. The van der Waals surface area contributed by atoms with Crippen LogP contribution in [0.15, 0.2) is 71.6 Å². The zero-order valence-electron chi connectivity index (χ0n) is 17.2. The molecule has 3 N–H and O–H groups in total. The quantitative estimate of drug-likeness (QED) is 0.473. The van der Waals surface area contributed by atoms with Gasteiger partial charge < -0.3 is 19.9 Å². The van der Waals surface area contributed by atoms with Crippen molar-refractivity contribution in [2.75, 3.05) is 24.3 Å². The third-order valence-corrected chi connectivity index (χ3v) is 5.81. The van der Waals surface area contributed by atoms with Gasteiger partial charge in [0.1, 0.15) is 0 Å². The molecule has 0 spiro atoms. The Morgan fingerprint density at radius 3 is 2.09 bits per heavy atom. The highest BCUT2D eigenvalue weighted by Crippen LogP contribution is 2.38. The van der Waals surface area contributed by atoms with Crippen molar-refractivity contribution in [3.63, 3.8) is 0 Å². The van der Waals surface area contributed by atoms with Gasteiger partial charge in [0.05, 0.1) is 30.4 Å². The molecule has 0 aliphatic rings. The monoisotopic (exact) mass is 456 g/mol. The molecule has 32 heavy (non-hydrogen) atoms. The molecule has 9 nitrogen and oxygen atoms in total. The zero-order valence-corrected chi connectivity index (χ0v) is 18.0. The van der Waals surface area contributed by atoms with Gasteiger partial charge in [-0.2, -0.15) is 0 Å². The van der Waals surface area contributed by atoms with Gasteiger partial charge in [0.15, 0.2) is 11.5 Å². The van der Waals surface area contributed by atoms with Crippen LogP contribution >= 0.6 is 0 Å². The van der Waals surface area contributed by atoms with Crippen LogP contribution in [0, 0.1) is 0 Å². The van der Waals surface area contributed by atoms with Crippen LogP contribution in [0.3, 0.4) is 0 Å². The fourth-order valence-corrected chi connectivity index (χ4v) is 3.95. The van der Waals surface area contributed by atoms with Gasteiger partial charge in [-0.15, -0.1) is 0 Å². The maximum atomic E-state index is 12.8. The summed E-state index contributed by atoms with van der Waals surface area (Å²) in [6.45, 7) is 0. The number of benzene rings is 3. The molecule has 3 aromatic rings. The smallest absolute Gasteiger partial charge is 0.335 e. The van der Waals surface area contributed by atoms with E-state index in [1.54, 1.807) is 18.2 Å². The number of methoxy groups -OCH3 is 2. The highest BCUT2D eigenvalue weighted by Gasteiger charge is 2.21. The predicted molar refractivity (Wildman–Crippen MR) is 118 cm³/mol. The average Bonchev–Trinajstić information content (AvgIpc) is 2.79. The molecule has 166 valence electrons. The van der Waals surface area contributed by atoms with Gasteiger partial charge in [0, 0.05) is 11.3 Å². The van der Waals surface area contributed by atoms with E-state index >= 15 is 0 Å². The molecule has 0 unspecified atom stereocenters. The van der Waals surface area contributed by atoms with Gasteiger partial charge in [0.2, 0.25) is 0 Å². The van der Waals surface area contributed by atoms with Crippen LogP contribution in [-0.4, -0.2) is 39.6 Å². The van der Waals surface area contributed by atoms with Crippen LogP contribution in [0.2, 0.25) is 0 Å². The lowest BCUT2D eigenvalue weighted by atomic mass is 10.1. The predicted octanol–water partition coefficient (Wildman–Crippen LogP) is 3.46. The SMILES string of the molecule is COc1cc(C(=O)Nc2ccc(C(=O)O)cc2)cc(NS(=O)(=O)c2ccccc2)c1OC. The summed E-state index contributed by atoms with van der Waals surface area (Å²) in [6, 6.07) is 16.1. The molecule has 0 radical (unpaired) electrons. The lowest BCUT2D eigenvalue weighted by Gasteiger charge is -2.16. The van der Waals surface area contributed by atoms with Crippen LogP contribution in [0.1, 0.15) is 20.7 Å². The van der Waals surface area contributed by atoms with Gasteiger partial charge >= 0.3 is 5.97 Å². The molecule has 0 heterocycles. The third kappa shape index (κ3) is 4.98. The van der Waals surface area contributed by atoms with E-state index < -0.39 is 21.9 Å². The molecule has 0 aliphatic heterocycles. The van der Waals surface area contributed by atoms with Crippen LogP contribution in [0.4, 0.5) is 11.4 Å². The number of carbonyl (C=O) groups excluding carboxylic acids is 1. The number of carbonyl (C=O) groups is 2. The van der Waals surface area contributed by atoms with E-state index in [-0.39, 0.29) is 33.2 Å². The van der Waals surface area contributed by atoms with Crippen molar-refractivity contribution in [1.29, 1.82) is 0 Å². The molecule has 0 bridgehead atoms. The number of amides is 1. The van der Waals surface area contributed by atoms with E-state index in [1.807, 2.05) is 0 Å². The summed E-state index contributed by atoms with van der Waals surface area (Å²) in [5, 5.41) is 11.6. The molecule has 1 amide bonds. The summed E-state index contributed by atoms with van der Waals surface area (Å²) in [7, 11) is -1.25. The Hall–Kier alpha value is -4.05. The van der Waals surface area contributed by atoms with Crippen molar-refractivity contribution in [2.24, 2.45) is 0 Å². The summed E-state index contributed by atoms with van der Waals surface area (Å²) in [5.41, 5.74) is 0.547. The van der Waals surface area contributed by atoms with Crippen molar-refractivity contribution >= 4 is 33.3 Å². The second-order valence-electron chi connectivity index (χ2n) is 6.51. The Bertz CT molecular complexity index is 1240. The molecule has 0 saturated heterocycles. The number of sulfonamides is 1. The van der Waals surface area contributed by atoms with Crippen molar-refractivity contribution in [3.8, 4) is 11.5 Å². The Labute approximate surface area is 184 Å². The topological polar surface area (TPSA) is 131 Å². The van der Waals surface area contributed by atoms with Gasteiger partial charge in [-0.1, -0.05) is 18.2 Å². The van der Waals surface area contributed by atoms with E-state index in [0.29, 0.717) is 5.69 Å². The first-order chi connectivity index (χ1) is 15.2. The Balaban J connectivity index is 1.95. The van der Waals surface area contributed by atoms with E-state index in [4.69, 9.17) is 14.6 Å². The molecular formula is C22H20N2O7S. The Morgan fingerprint density at radius 1 is 0.875 bits per heavy atom. The van der Waals surface area contributed by atoms with E-state index in [9.17, 15) is 18.0 Å². The van der Waals surface area contributed by atoms with Crippen molar-refractivity contribution in [3.05, 3.63) is 77.9 Å². The van der Waals surface area contributed by atoms with Crippen molar-refractivity contribution in [1.82, 2.24) is 0 Å². The standard InChI is InChI=1S/C22H20N2O7S/c1-30-19-13-15(21(25)23-16-10-8-14(9-11-16)22(26)27)12-18(20(19)31-2)24-32(28,29)17-6-4-3-5-7-17/h3-13,24H,1-2H3,(H,23,25)(H,26,27). The molecule has 10 heteroatoms. The van der Waals surface area contributed by atoms with Gasteiger partial charge in [-0.25, -0.2) is 13.2 Å². The molecular weight excluding hydrogens is 436 g/mol. The molecule has 0 aromatic heterocycles. The summed E-state index contributed by atoms with van der Waals surface area (Å²) >= 11 is 0. The van der Waals surface area contributed by atoms with Gasteiger partial charge in [-0.3, -0.25) is 9.52 Å². The van der Waals surface area contributed by atoms with E-state index in [1.165, 1.54) is 62.8 Å².